The number of ether oxygens (including phenoxy) is 1. The second kappa shape index (κ2) is 6.52. The van der Waals surface area contributed by atoms with Crippen LogP contribution in [0.2, 0.25) is 0 Å². The highest BCUT2D eigenvalue weighted by atomic mass is 32.1. The molecule has 1 heterocycles. The maximum atomic E-state index is 11.5. The van der Waals surface area contributed by atoms with Crippen LogP contribution in [0.4, 0.5) is 0 Å². The largest absolute Gasteiger partial charge is 0.496 e. The van der Waals surface area contributed by atoms with Gasteiger partial charge in [-0.1, -0.05) is 25.1 Å². The van der Waals surface area contributed by atoms with Crippen molar-refractivity contribution in [2.75, 3.05) is 7.11 Å². The molecular weight excluding hydrogens is 274 g/mol. The van der Waals surface area contributed by atoms with Crippen molar-refractivity contribution in [3.05, 3.63) is 45.9 Å². The number of para-hydroxylation sites is 1. The molecule has 1 aromatic carbocycles. The molecule has 1 N–H and O–H groups in total. The fraction of sp³-hybridized carbons (Fsp3) is 0.333. The average Bonchev–Trinajstić information content (AvgIpc) is 2.93. The van der Waals surface area contributed by atoms with E-state index >= 15 is 0 Å². The van der Waals surface area contributed by atoms with Crippen molar-refractivity contribution in [3.63, 3.8) is 0 Å². The van der Waals surface area contributed by atoms with E-state index in [4.69, 9.17) is 4.74 Å². The molecule has 1 aromatic heterocycles. The molecule has 0 aliphatic carbocycles. The Morgan fingerprint density at radius 2 is 2.20 bits per heavy atom. The molecule has 1 unspecified atom stereocenters. The van der Waals surface area contributed by atoms with Gasteiger partial charge in [-0.3, -0.25) is 4.79 Å². The van der Waals surface area contributed by atoms with E-state index in [2.05, 4.69) is 4.98 Å². The fourth-order valence-electron chi connectivity index (χ4n) is 2.02. The van der Waals surface area contributed by atoms with Crippen LogP contribution in [0.3, 0.4) is 0 Å². The Hall–Kier alpha value is -1.88. The van der Waals surface area contributed by atoms with Gasteiger partial charge in [0.25, 0.3) is 0 Å². The van der Waals surface area contributed by atoms with Crippen molar-refractivity contribution >= 4 is 17.3 Å². The van der Waals surface area contributed by atoms with Gasteiger partial charge in [0.15, 0.2) is 0 Å². The maximum Gasteiger partial charge on any atom is 0.313 e. The van der Waals surface area contributed by atoms with Gasteiger partial charge in [0, 0.05) is 5.38 Å². The number of benzene rings is 1. The summed E-state index contributed by atoms with van der Waals surface area (Å²) in [5, 5.41) is 12.0. The molecule has 0 spiro atoms. The molecule has 5 heteroatoms. The second-order valence-corrected chi connectivity index (χ2v) is 5.33. The van der Waals surface area contributed by atoms with Gasteiger partial charge in [-0.2, -0.15) is 0 Å². The summed E-state index contributed by atoms with van der Waals surface area (Å²) >= 11 is 1.41. The van der Waals surface area contributed by atoms with E-state index < -0.39 is 11.9 Å². The predicted molar refractivity (Wildman–Crippen MR) is 78.6 cm³/mol. The van der Waals surface area contributed by atoms with E-state index in [-0.39, 0.29) is 0 Å². The third-order valence-electron chi connectivity index (χ3n) is 3.14. The van der Waals surface area contributed by atoms with Crippen molar-refractivity contribution in [2.45, 2.75) is 25.7 Å². The third-order valence-corrected chi connectivity index (χ3v) is 4.15. The van der Waals surface area contributed by atoms with E-state index in [1.54, 1.807) is 7.11 Å². The van der Waals surface area contributed by atoms with Crippen LogP contribution in [0.25, 0.3) is 0 Å². The quantitative estimate of drug-likeness (QED) is 0.888. The predicted octanol–water partition coefficient (Wildman–Crippen LogP) is 3.12. The van der Waals surface area contributed by atoms with Crippen LogP contribution in [0, 0.1) is 0 Å². The molecule has 2 aromatic rings. The van der Waals surface area contributed by atoms with Gasteiger partial charge in [-0.05, 0) is 24.5 Å². The van der Waals surface area contributed by atoms with Crippen LogP contribution < -0.4 is 4.74 Å². The van der Waals surface area contributed by atoms with Gasteiger partial charge >= 0.3 is 5.97 Å². The number of carbonyl (C=O) groups is 1. The summed E-state index contributed by atoms with van der Waals surface area (Å²) < 4.78 is 5.28. The molecule has 106 valence electrons. The average molecular weight is 291 g/mol. The first kappa shape index (κ1) is 14.5. The molecule has 20 heavy (non-hydrogen) atoms. The van der Waals surface area contributed by atoms with Crippen LogP contribution in [-0.2, 0) is 17.6 Å². The Balaban J connectivity index is 2.28. The Morgan fingerprint density at radius 3 is 2.80 bits per heavy atom. The summed E-state index contributed by atoms with van der Waals surface area (Å²) in [5.41, 5.74) is 1.83. The van der Waals surface area contributed by atoms with Crippen molar-refractivity contribution in [1.29, 1.82) is 0 Å². The summed E-state index contributed by atoms with van der Waals surface area (Å²) in [4.78, 5) is 15.9. The Bertz CT molecular complexity index is 594. The standard InChI is InChI=1S/C15H17NO3S/c1-3-11-9-20-14(16-11)12(15(17)18)8-10-6-4-5-7-13(10)19-2/h4-7,9,12H,3,8H2,1-2H3,(H,17,18). The summed E-state index contributed by atoms with van der Waals surface area (Å²) in [5.74, 6) is -0.768. The topological polar surface area (TPSA) is 59.4 Å². The molecule has 0 bridgehead atoms. The van der Waals surface area contributed by atoms with Gasteiger partial charge in [-0.15, -0.1) is 11.3 Å². The number of carboxylic acids is 1. The molecule has 2 rings (SSSR count). The summed E-state index contributed by atoms with van der Waals surface area (Å²) in [6.45, 7) is 2.01. The number of hydrogen-bond donors (Lipinski definition) is 1. The number of nitrogens with zero attached hydrogens (tertiary/aromatic N) is 1. The van der Waals surface area contributed by atoms with Crippen molar-refractivity contribution in [2.24, 2.45) is 0 Å². The SMILES string of the molecule is CCc1csc(C(Cc2ccccc2OC)C(=O)O)n1. The lowest BCUT2D eigenvalue weighted by molar-refractivity contribution is -0.138. The zero-order chi connectivity index (χ0) is 14.5. The summed E-state index contributed by atoms with van der Waals surface area (Å²) in [7, 11) is 1.59. The van der Waals surface area contributed by atoms with Crippen molar-refractivity contribution in [3.8, 4) is 5.75 Å². The monoisotopic (exact) mass is 291 g/mol. The summed E-state index contributed by atoms with van der Waals surface area (Å²) in [6.07, 6.45) is 1.20. The number of thiazole rings is 1. The fourth-order valence-corrected chi connectivity index (χ4v) is 3.01. The Labute approximate surface area is 122 Å². The smallest absolute Gasteiger partial charge is 0.313 e. The molecule has 0 radical (unpaired) electrons. The number of aromatic nitrogens is 1. The Morgan fingerprint density at radius 1 is 1.45 bits per heavy atom. The molecule has 1 atom stereocenters. The lowest BCUT2D eigenvalue weighted by Gasteiger charge is -2.12. The lowest BCUT2D eigenvalue weighted by atomic mass is 9.99. The maximum absolute atomic E-state index is 11.5. The number of aliphatic carboxylic acids is 1. The van der Waals surface area contributed by atoms with Gasteiger partial charge < -0.3 is 9.84 Å². The van der Waals surface area contributed by atoms with E-state index in [9.17, 15) is 9.90 Å². The number of carboxylic acid groups (broad SMARTS) is 1. The van der Waals surface area contributed by atoms with Gasteiger partial charge in [0.1, 0.15) is 16.7 Å². The molecule has 0 saturated carbocycles. The van der Waals surface area contributed by atoms with Crippen LogP contribution in [0.5, 0.6) is 5.75 Å². The first-order valence-electron chi connectivity index (χ1n) is 6.44. The number of aryl methyl sites for hydroxylation is 1. The molecule has 4 nitrogen and oxygen atoms in total. The highest BCUT2D eigenvalue weighted by Crippen LogP contribution is 2.28. The van der Waals surface area contributed by atoms with E-state index in [1.807, 2.05) is 36.6 Å². The first-order valence-corrected chi connectivity index (χ1v) is 7.32. The molecular formula is C15H17NO3S. The van der Waals surface area contributed by atoms with Gasteiger partial charge in [0.05, 0.1) is 12.8 Å². The summed E-state index contributed by atoms with van der Waals surface area (Å²) in [6, 6.07) is 7.49. The highest BCUT2D eigenvalue weighted by molar-refractivity contribution is 7.09. The molecule has 0 fully saturated rings. The minimum absolute atomic E-state index is 0.385. The molecule has 0 aliphatic heterocycles. The zero-order valence-corrected chi connectivity index (χ0v) is 12.3. The normalized spacial score (nSPS) is 12.1. The number of methoxy groups -OCH3 is 1. The minimum atomic E-state index is -0.854. The van der Waals surface area contributed by atoms with Gasteiger partial charge in [0.2, 0.25) is 0 Å². The van der Waals surface area contributed by atoms with E-state index in [0.29, 0.717) is 17.2 Å². The van der Waals surface area contributed by atoms with E-state index in [0.717, 1.165) is 17.7 Å². The lowest BCUT2D eigenvalue weighted by Crippen LogP contribution is -2.15. The highest BCUT2D eigenvalue weighted by Gasteiger charge is 2.24. The van der Waals surface area contributed by atoms with Crippen molar-refractivity contribution < 1.29 is 14.6 Å². The zero-order valence-electron chi connectivity index (χ0n) is 11.5. The number of hydrogen-bond acceptors (Lipinski definition) is 4. The van der Waals surface area contributed by atoms with Crippen LogP contribution >= 0.6 is 11.3 Å². The third kappa shape index (κ3) is 3.17. The molecule has 0 aliphatic rings. The van der Waals surface area contributed by atoms with Crippen LogP contribution in [0.1, 0.15) is 29.1 Å². The van der Waals surface area contributed by atoms with Crippen molar-refractivity contribution in [1.82, 2.24) is 4.98 Å². The first-order chi connectivity index (χ1) is 9.65. The second-order valence-electron chi connectivity index (χ2n) is 4.44. The number of rotatable bonds is 6. The van der Waals surface area contributed by atoms with Crippen LogP contribution in [0.15, 0.2) is 29.6 Å². The van der Waals surface area contributed by atoms with E-state index in [1.165, 1.54) is 11.3 Å². The Kier molecular flexibility index (Phi) is 4.74. The van der Waals surface area contributed by atoms with Crippen LogP contribution in [-0.4, -0.2) is 23.2 Å². The molecule has 0 amide bonds. The minimum Gasteiger partial charge on any atom is -0.496 e. The molecule has 0 saturated heterocycles. The van der Waals surface area contributed by atoms with Gasteiger partial charge in [-0.25, -0.2) is 4.98 Å².